The predicted molar refractivity (Wildman–Crippen MR) is 274 cm³/mol. The van der Waals surface area contributed by atoms with Crippen molar-refractivity contribution in [3.63, 3.8) is 0 Å². The molecule has 0 aromatic heterocycles. The number of carbonyl (C=O) groups excluding carboxylic acids is 4. The molecule has 0 saturated carbocycles. The SMILES string of the molecule is CC(C)(C)OC(=O)CCOCCOCCOCCOCCN(CCOCCOCCOCCOCCNC(=O)CCCC[C@@H]1SC[C@@H]2NC(=O)N[C@@H]21)CCOCCOCCOCCOCCC(=O)OC(C)(C)C. The van der Waals surface area contributed by atoms with Crippen LogP contribution in [0.15, 0.2) is 0 Å². The highest BCUT2D eigenvalue weighted by Gasteiger charge is 2.42. The van der Waals surface area contributed by atoms with Gasteiger partial charge in [0.2, 0.25) is 5.91 Å². The van der Waals surface area contributed by atoms with Crippen molar-refractivity contribution in [1.82, 2.24) is 20.9 Å². The molecule has 22 nitrogen and oxygen atoms in total. The van der Waals surface area contributed by atoms with Crippen LogP contribution in [0.25, 0.3) is 0 Å². The van der Waals surface area contributed by atoms with Crippen LogP contribution in [0.5, 0.6) is 0 Å². The number of hydrogen-bond acceptors (Lipinski definition) is 20. The van der Waals surface area contributed by atoms with Gasteiger partial charge in [-0.25, -0.2) is 4.79 Å². The number of nitrogens with one attached hydrogen (secondary N) is 3. The Kier molecular flexibility index (Phi) is 39.8. The molecule has 0 aromatic rings. The molecule has 73 heavy (non-hydrogen) atoms. The summed E-state index contributed by atoms with van der Waals surface area (Å²) in [5.74, 6) is 0.413. The highest BCUT2D eigenvalue weighted by atomic mass is 32.2. The van der Waals surface area contributed by atoms with Gasteiger partial charge in [-0.15, -0.1) is 0 Å². The third-order valence-corrected chi connectivity index (χ3v) is 11.9. The number of unbranched alkanes of at least 4 members (excludes halogenated alkanes) is 1. The quantitative estimate of drug-likeness (QED) is 0.0451. The molecule has 3 N–H and O–H groups in total. The number of nitrogens with zero attached hydrogens (tertiary/aromatic N) is 1. The van der Waals surface area contributed by atoms with Crippen molar-refractivity contribution in [3.8, 4) is 0 Å². The lowest BCUT2D eigenvalue weighted by molar-refractivity contribution is -0.157. The van der Waals surface area contributed by atoms with Gasteiger partial charge in [0.15, 0.2) is 0 Å². The number of urea groups is 1. The molecular weight excluding hydrogens is 977 g/mol. The number of hydrogen-bond donors (Lipinski definition) is 3. The monoisotopic (exact) mass is 1070 g/mol. The highest BCUT2D eigenvalue weighted by molar-refractivity contribution is 8.00. The van der Waals surface area contributed by atoms with E-state index in [0.717, 1.165) is 25.0 Å². The fourth-order valence-electron chi connectivity index (χ4n) is 6.92. The average Bonchev–Trinajstić information content (AvgIpc) is 3.89. The fraction of sp³-hybridized carbons (Fsp3) is 0.920. The van der Waals surface area contributed by atoms with Crippen molar-refractivity contribution >= 4 is 35.6 Å². The lowest BCUT2D eigenvalue weighted by atomic mass is 10.0. The standard InChI is InChI=1S/C50H94N4O18S/c1-49(2,3)71-45(56)11-17-59-23-29-65-35-38-68-32-26-62-20-14-54(15-21-63-27-33-69-39-36-66-30-24-60-18-12-46(57)72-50(4,5)6)16-22-64-28-34-70-40-37-67-31-25-61-19-13-51-44(55)10-8-7-9-43-47-42(41-73-43)52-48(58)53-47/h42-43,47H,7-41H2,1-6H3,(H,51,55)(H2,52,53,58)/t42-,43-,47-/m0/s1. The summed E-state index contributed by atoms with van der Waals surface area (Å²) >= 11 is 1.89. The molecule has 0 aliphatic carbocycles. The Hall–Kier alpha value is -2.49. The molecule has 3 atom stereocenters. The molecule has 0 radical (unpaired) electrons. The van der Waals surface area contributed by atoms with Crippen LogP contribution in [0.4, 0.5) is 4.79 Å². The minimum Gasteiger partial charge on any atom is -0.460 e. The molecule has 0 unspecified atom stereocenters. The first kappa shape index (κ1) is 66.6. The number of ether oxygens (including phenoxy) is 14. The van der Waals surface area contributed by atoms with E-state index in [9.17, 15) is 19.2 Å². The number of esters is 2. The van der Waals surface area contributed by atoms with Crippen molar-refractivity contribution in [2.45, 2.75) is 109 Å². The summed E-state index contributed by atoms with van der Waals surface area (Å²) in [6.45, 7) is 23.9. The maximum atomic E-state index is 12.2. The number of carbonyl (C=O) groups is 4. The van der Waals surface area contributed by atoms with E-state index in [-0.39, 0.29) is 48.8 Å². The molecule has 2 saturated heterocycles. The Balaban J connectivity index is 1.45. The van der Waals surface area contributed by atoms with Gasteiger partial charge in [0, 0.05) is 43.6 Å². The zero-order valence-corrected chi connectivity index (χ0v) is 46.0. The van der Waals surface area contributed by atoms with Crippen LogP contribution in [0.3, 0.4) is 0 Å². The Morgan fingerprint density at radius 3 is 1.23 bits per heavy atom. The van der Waals surface area contributed by atoms with Gasteiger partial charge in [-0.05, 0) is 54.4 Å². The summed E-state index contributed by atoms with van der Waals surface area (Å²) < 4.78 is 78.0. The summed E-state index contributed by atoms with van der Waals surface area (Å²) in [5.41, 5.74) is -1.00. The number of rotatable bonds is 50. The van der Waals surface area contributed by atoms with Gasteiger partial charge >= 0.3 is 18.0 Å². The third kappa shape index (κ3) is 41.4. The Morgan fingerprint density at radius 1 is 0.493 bits per heavy atom. The third-order valence-electron chi connectivity index (χ3n) is 10.4. The van der Waals surface area contributed by atoms with Crippen LogP contribution in [-0.4, -0.2) is 248 Å². The first-order chi connectivity index (χ1) is 35.2. The molecule has 0 aromatic carbocycles. The van der Waals surface area contributed by atoms with Crippen LogP contribution in [0.1, 0.15) is 80.1 Å². The van der Waals surface area contributed by atoms with Gasteiger partial charge in [0.05, 0.1) is 183 Å². The smallest absolute Gasteiger partial charge is 0.315 e. The van der Waals surface area contributed by atoms with E-state index in [1.54, 1.807) is 0 Å². The highest BCUT2D eigenvalue weighted by Crippen LogP contribution is 2.33. The second-order valence-corrected chi connectivity index (χ2v) is 20.4. The van der Waals surface area contributed by atoms with E-state index in [1.165, 1.54) is 0 Å². The normalized spacial score (nSPS) is 16.7. The van der Waals surface area contributed by atoms with E-state index in [4.69, 9.17) is 66.3 Å². The lowest BCUT2D eigenvalue weighted by Crippen LogP contribution is -2.36. The van der Waals surface area contributed by atoms with E-state index in [0.29, 0.717) is 196 Å². The molecule has 0 bridgehead atoms. The van der Waals surface area contributed by atoms with Gasteiger partial charge in [-0.2, -0.15) is 11.8 Å². The van der Waals surface area contributed by atoms with Crippen LogP contribution in [0.2, 0.25) is 0 Å². The summed E-state index contributed by atoms with van der Waals surface area (Å²) in [6.07, 6.45) is 3.68. The average molecular weight is 1070 g/mol. The largest absolute Gasteiger partial charge is 0.460 e. The van der Waals surface area contributed by atoms with Crippen molar-refractivity contribution in [1.29, 1.82) is 0 Å². The topological polar surface area (TPSA) is 237 Å². The van der Waals surface area contributed by atoms with Crippen LogP contribution >= 0.6 is 11.8 Å². The number of fused-ring (bicyclic) bond motifs is 1. The van der Waals surface area contributed by atoms with Crippen LogP contribution in [0, 0.1) is 0 Å². The molecule has 2 aliphatic heterocycles. The van der Waals surface area contributed by atoms with Gasteiger partial charge in [-0.3, -0.25) is 19.3 Å². The van der Waals surface area contributed by atoms with E-state index in [2.05, 4.69) is 20.9 Å². The maximum absolute atomic E-state index is 12.2. The van der Waals surface area contributed by atoms with Gasteiger partial charge in [0.1, 0.15) is 11.2 Å². The summed E-state index contributed by atoms with van der Waals surface area (Å²) in [5, 5.41) is 9.29. The summed E-state index contributed by atoms with van der Waals surface area (Å²) in [6, 6.07) is 0.365. The minimum absolute atomic E-state index is 0.0288. The molecule has 23 heteroatoms. The van der Waals surface area contributed by atoms with Crippen molar-refractivity contribution in [2.24, 2.45) is 0 Å². The first-order valence-corrected chi connectivity index (χ1v) is 27.3. The molecule has 2 fully saturated rings. The van der Waals surface area contributed by atoms with Gasteiger partial charge in [0.25, 0.3) is 0 Å². The summed E-state index contributed by atoms with van der Waals surface area (Å²) in [7, 11) is 0. The van der Waals surface area contributed by atoms with E-state index >= 15 is 0 Å². The molecule has 0 spiro atoms. The Bertz CT molecular complexity index is 1340. The fourth-order valence-corrected chi connectivity index (χ4v) is 8.47. The minimum atomic E-state index is -0.502. The Labute approximate surface area is 439 Å². The zero-order valence-electron chi connectivity index (χ0n) is 45.2. The van der Waals surface area contributed by atoms with E-state index in [1.807, 2.05) is 53.3 Å². The zero-order chi connectivity index (χ0) is 53.1. The molecule has 2 rings (SSSR count). The van der Waals surface area contributed by atoms with Crippen molar-refractivity contribution in [2.75, 3.05) is 190 Å². The molecule has 3 amide bonds. The van der Waals surface area contributed by atoms with E-state index < -0.39 is 11.2 Å². The van der Waals surface area contributed by atoms with Crippen molar-refractivity contribution < 1.29 is 85.5 Å². The van der Waals surface area contributed by atoms with Crippen molar-refractivity contribution in [3.05, 3.63) is 0 Å². The van der Waals surface area contributed by atoms with Gasteiger partial charge in [-0.1, -0.05) is 6.42 Å². The van der Waals surface area contributed by atoms with Gasteiger partial charge < -0.3 is 82.3 Å². The van der Waals surface area contributed by atoms with Crippen LogP contribution in [-0.2, 0) is 80.7 Å². The Morgan fingerprint density at radius 2 is 0.849 bits per heavy atom. The number of amides is 3. The maximum Gasteiger partial charge on any atom is 0.315 e. The molecular formula is C50H94N4O18S. The first-order valence-electron chi connectivity index (χ1n) is 26.3. The summed E-state index contributed by atoms with van der Waals surface area (Å²) in [4.78, 5) is 49.4. The molecule has 428 valence electrons. The van der Waals surface area contributed by atoms with Crippen LogP contribution < -0.4 is 16.0 Å². The number of thioether (sulfide) groups is 1. The second-order valence-electron chi connectivity index (χ2n) is 19.1. The molecule has 2 aliphatic rings. The predicted octanol–water partition coefficient (Wildman–Crippen LogP) is 2.79. The second kappa shape index (κ2) is 43.6. The molecule has 2 heterocycles. The lowest BCUT2D eigenvalue weighted by Gasteiger charge is -2.22.